The first-order valence-corrected chi connectivity index (χ1v) is 7.54. The fraction of sp³-hybridized carbons (Fsp3) is 0.111. The maximum absolute atomic E-state index is 12.9. The van der Waals surface area contributed by atoms with Crippen molar-refractivity contribution in [3.63, 3.8) is 0 Å². The van der Waals surface area contributed by atoms with Crippen molar-refractivity contribution in [1.82, 2.24) is 0 Å². The third kappa shape index (κ3) is 2.99. The summed E-state index contributed by atoms with van der Waals surface area (Å²) in [5, 5.41) is 12.6. The molecule has 3 aromatic rings. The molecule has 1 nitrogen and oxygen atoms in total. The van der Waals surface area contributed by atoms with Crippen molar-refractivity contribution in [3.05, 3.63) is 82.1 Å². The predicted molar refractivity (Wildman–Crippen MR) is 86.7 cm³/mol. The van der Waals surface area contributed by atoms with Crippen molar-refractivity contribution in [1.29, 1.82) is 0 Å². The first kappa shape index (κ1) is 14.2. The van der Waals surface area contributed by atoms with Crippen LogP contribution < -0.4 is 0 Å². The van der Waals surface area contributed by atoms with Crippen molar-refractivity contribution >= 4 is 26.7 Å². The van der Waals surface area contributed by atoms with Gasteiger partial charge >= 0.3 is 0 Å². The van der Waals surface area contributed by atoms with Gasteiger partial charge in [0.15, 0.2) is 0 Å². The van der Waals surface area contributed by atoms with E-state index < -0.39 is 6.10 Å². The monoisotopic (exact) mass is 344 g/mol. The van der Waals surface area contributed by atoms with Gasteiger partial charge in [0, 0.05) is 10.9 Å². The summed E-state index contributed by atoms with van der Waals surface area (Å²) in [6.45, 7) is 0. The van der Waals surface area contributed by atoms with Gasteiger partial charge in [0.25, 0.3) is 0 Å². The topological polar surface area (TPSA) is 20.2 Å². The third-order valence-corrected chi connectivity index (χ3v) is 4.30. The highest BCUT2D eigenvalue weighted by Gasteiger charge is 2.13. The van der Waals surface area contributed by atoms with Crippen LogP contribution in [-0.4, -0.2) is 5.11 Å². The molecule has 0 aliphatic rings. The molecule has 0 aromatic heterocycles. The van der Waals surface area contributed by atoms with Gasteiger partial charge in [-0.25, -0.2) is 4.39 Å². The molecule has 0 saturated carbocycles. The molecule has 0 aliphatic carbocycles. The Morgan fingerprint density at radius 2 is 1.57 bits per heavy atom. The molecule has 0 radical (unpaired) electrons. The molecule has 0 saturated heterocycles. The Bertz CT molecular complexity index is 768. The molecule has 1 unspecified atom stereocenters. The summed E-state index contributed by atoms with van der Waals surface area (Å²) in [6.07, 6.45) is -0.153. The van der Waals surface area contributed by atoms with Crippen LogP contribution >= 0.6 is 15.9 Å². The van der Waals surface area contributed by atoms with Crippen LogP contribution in [-0.2, 0) is 6.42 Å². The Morgan fingerprint density at radius 3 is 2.29 bits per heavy atom. The minimum Gasteiger partial charge on any atom is -0.388 e. The lowest BCUT2D eigenvalue weighted by atomic mass is 9.96. The predicted octanol–water partition coefficient (Wildman–Crippen LogP) is 5.02. The Labute approximate surface area is 131 Å². The Balaban J connectivity index is 1.96. The molecule has 1 atom stereocenters. The number of aliphatic hydroxyl groups excluding tert-OH is 1. The van der Waals surface area contributed by atoms with Gasteiger partial charge in [-0.1, -0.05) is 58.4 Å². The number of aliphatic hydroxyl groups is 1. The van der Waals surface area contributed by atoms with E-state index in [9.17, 15) is 9.50 Å². The van der Waals surface area contributed by atoms with Crippen molar-refractivity contribution in [2.24, 2.45) is 0 Å². The van der Waals surface area contributed by atoms with Crippen molar-refractivity contribution in [3.8, 4) is 0 Å². The molecule has 0 bridgehead atoms. The Kier molecular flexibility index (Phi) is 4.04. The zero-order chi connectivity index (χ0) is 14.8. The normalized spacial score (nSPS) is 12.5. The largest absolute Gasteiger partial charge is 0.388 e. The maximum Gasteiger partial charge on any atom is 0.123 e. The minimum absolute atomic E-state index is 0.262. The quantitative estimate of drug-likeness (QED) is 0.707. The molecular formula is C18H14BrFO. The molecule has 0 spiro atoms. The number of hydrogen-bond donors (Lipinski definition) is 1. The number of hydrogen-bond acceptors (Lipinski definition) is 1. The Hall–Kier alpha value is -1.71. The second-order valence-corrected chi connectivity index (χ2v) is 5.88. The van der Waals surface area contributed by atoms with Crippen LogP contribution in [0, 0.1) is 5.82 Å². The second-order valence-electron chi connectivity index (χ2n) is 5.03. The zero-order valence-corrected chi connectivity index (χ0v) is 12.8. The number of halogens is 2. The van der Waals surface area contributed by atoms with E-state index >= 15 is 0 Å². The van der Waals surface area contributed by atoms with Gasteiger partial charge in [-0.05, 0) is 40.1 Å². The SMILES string of the molecule is OC(Cc1ccc(F)cc1)c1ccc(Br)c2ccccc12. The molecule has 0 fully saturated rings. The van der Waals surface area contributed by atoms with Crippen LogP contribution in [0.3, 0.4) is 0 Å². The van der Waals surface area contributed by atoms with Gasteiger partial charge in [-0.15, -0.1) is 0 Å². The summed E-state index contributed by atoms with van der Waals surface area (Å²) in [5.74, 6) is -0.262. The van der Waals surface area contributed by atoms with Crippen LogP contribution in [0.5, 0.6) is 0 Å². The molecule has 21 heavy (non-hydrogen) atoms. The summed E-state index contributed by atoms with van der Waals surface area (Å²) in [7, 11) is 0. The third-order valence-electron chi connectivity index (χ3n) is 3.61. The van der Waals surface area contributed by atoms with Gasteiger partial charge in [-0.3, -0.25) is 0 Å². The Morgan fingerprint density at radius 1 is 0.905 bits per heavy atom. The zero-order valence-electron chi connectivity index (χ0n) is 11.3. The van der Waals surface area contributed by atoms with Crippen molar-refractivity contribution < 1.29 is 9.50 Å². The lowest BCUT2D eigenvalue weighted by Gasteiger charge is -2.15. The highest BCUT2D eigenvalue weighted by Crippen LogP contribution is 2.31. The average molecular weight is 345 g/mol. The molecule has 106 valence electrons. The molecule has 1 N–H and O–H groups in total. The average Bonchev–Trinajstić information content (AvgIpc) is 2.50. The highest BCUT2D eigenvalue weighted by molar-refractivity contribution is 9.10. The first-order valence-electron chi connectivity index (χ1n) is 6.75. The van der Waals surface area contributed by atoms with Crippen molar-refractivity contribution in [2.75, 3.05) is 0 Å². The summed E-state index contributed by atoms with van der Waals surface area (Å²) >= 11 is 3.53. The van der Waals surface area contributed by atoms with Crippen LogP contribution in [0.2, 0.25) is 0 Å². The fourth-order valence-corrected chi connectivity index (χ4v) is 3.01. The van der Waals surface area contributed by atoms with Crippen LogP contribution in [0.15, 0.2) is 65.1 Å². The first-order chi connectivity index (χ1) is 10.1. The minimum atomic E-state index is -0.617. The van der Waals surface area contributed by atoms with Crippen molar-refractivity contribution in [2.45, 2.75) is 12.5 Å². The number of fused-ring (bicyclic) bond motifs is 1. The smallest absolute Gasteiger partial charge is 0.123 e. The lowest BCUT2D eigenvalue weighted by molar-refractivity contribution is 0.180. The van der Waals surface area contributed by atoms with Crippen LogP contribution in [0.25, 0.3) is 10.8 Å². The molecule has 0 heterocycles. The number of benzene rings is 3. The van der Waals surface area contributed by atoms with Gasteiger partial charge < -0.3 is 5.11 Å². The van der Waals surface area contributed by atoms with E-state index in [1.54, 1.807) is 12.1 Å². The highest BCUT2D eigenvalue weighted by atomic mass is 79.9. The summed E-state index contributed by atoms with van der Waals surface area (Å²) in [4.78, 5) is 0. The maximum atomic E-state index is 12.9. The van der Waals surface area contributed by atoms with Gasteiger partial charge in [0.1, 0.15) is 5.82 Å². The van der Waals surface area contributed by atoms with Crippen LogP contribution in [0.4, 0.5) is 4.39 Å². The van der Waals surface area contributed by atoms with Crippen LogP contribution in [0.1, 0.15) is 17.2 Å². The molecule has 3 aromatic carbocycles. The van der Waals surface area contributed by atoms with E-state index in [2.05, 4.69) is 15.9 Å². The van der Waals surface area contributed by atoms with E-state index in [0.717, 1.165) is 26.4 Å². The molecular weight excluding hydrogens is 331 g/mol. The standard InChI is InChI=1S/C18H14BrFO/c19-17-10-9-16(14-3-1-2-4-15(14)17)18(21)11-12-5-7-13(20)8-6-12/h1-10,18,21H,11H2. The fourth-order valence-electron chi connectivity index (χ4n) is 2.53. The van der Waals surface area contributed by atoms with E-state index in [0.29, 0.717) is 6.42 Å². The lowest BCUT2D eigenvalue weighted by Crippen LogP contribution is -2.03. The molecule has 3 heteroatoms. The van der Waals surface area contributed by atoms with E-state index in [4.69, 9.17) is 0 Å². The molecule has 0 amide bonds. The van der Waals surface area contributed by atoms with E-state index in [1.807, 2.05) is 36.4 Å². The summed E-state index contributed by atoms with van der Waals surface area (Å²) < 4.78 is 13.9. The molecule has 0 aliphatic heterocycles. The van der Waals surface area contributed by atoms with Gasteiger partial charge in [0.05, 0.1) is 6.10 Å². The summed E-state index contributed by atoms with van der Waals surface area (Å²) in [5.41, 5.74) is 1.80. The van der Waals surface area contributed by atoms with Gasteiger partial charge in [0.2, 0.25) is 0 Å². The van der Waals surface area contributed by atoms with E-state index in [1.165, 1.54) is 12.1 Å². The summed E-state index contributed by atoms with van der Waals surface area (Å²) in [6, 6.07) is 18.1. The second kappa shape index (κ2) is 5.96. The van der Waals surface area contributed by atoms with Gasteiger partial charge in [-0.2, -0.15) is 0 Å². The number of rotatable bonds is 3. The van der Waals surface area contributed by atoms with E-state index in [-0.39, 0.29) is 5.82 Å². The molecule has 3 rings (SSSR count).